The molecule has 2 rings (SSSR count). The molecule has 0 fully saturated rings. The van der Waals surface area contributed by atoms with Gasteiger partial charge in [0.15, 0.2) is 6.61 Å². The van der Waals surface area contributed by atoms with Crippen LogP contribution in [0.15, 0.2) is 42.5 Å². The van der Waals surface area contributed by atoms with E-state index < -0.39 is 23.4 Å². The van der Waals surface area contributed by atoms with E-state index in [-0.39, 0.29) is 11.3 Å². The molecule has 8 heteroatoms. The quantitative estimate of drug-likeness (QED) is 0.507. The number of aryl methyl sites for hydroxylation is 1. The van der Waals surface area contributed by atoms with E-state index in [9.17, 15) is 19.7 Å². The van der Waals surface area contributed by atoms with E-state index in [1.54, 1.807) is 18.2 Å². The second-order valence-electron chi connectivity index (χ2n) is 4.91. The molecule has 0 aliphatic carbocycles. The van der Waals surface area contributed by atoms with Crippen molar-refractivity contribution in [3.05, 3.63) is 68.7 Å². The van der Waals surface area contributed by atoms with Gasteiger partial charge in [-0.15, -0.1) is 0 Å². The van der Waals surface area contributed by atoms with Gasteiger partial charge >= 0.3 is 5.97 Å². The van der Waals surface area contributed by atoms with Gasteiger partial charge in [0.1, 0.15) is 0 Å². The largest absolute Gasteiger partial charge is 0.452 e. The van der Waals surface area contributed by atoms with Gasteiger partial charge in [-0.2, -0.15) is 0 Å². The maximum atomic E-state index is 11.8. The number of non-ortho nitro benzene ring substituents is 1. The number of rotatable bonds is 5. The van der Waals surface area contributed by atoms with Crippen molar-refractivity contribution < 1.29 is 19.2 Å². The van der Waals surface area contributed by atoms with Gasteiger partial charge in [0.05, 0.1) is 21.2 Å². The number of anilines is 1. The summed E-state index contributed by atoms with van der Waals surface area (Å²) in [4.78, 5) is 33.6. The number of hydrogen-bond acceptors (Lipinski definition) is 5. The summed E-state index contributed by atoms with van der Waals surface area (Å²) in [6, 6.07) is 10.0. The molecule has 24 heavy (non-hydrogen) atoms. The number of esters is 1. The molecule has 0 radical (unpaired) electrons. The van der Waals surface area contributed by atoms with Crippen LogP contribution in [0.3, 0.4) is 0 Å². The summed E-state index contributed by atoms with van der Waals surface area (Å²) in [7, 11) is 0. The minimum Gasteiger partial charge on any atom is -0.452 e. The highest BCUT2D eigenvalue weighted by Gasteiger charge is 2.13. The Bertz CT molecular complexity index is 790. The van der Waals surface area contributed by atoms with E-state index in [2.05, 4.69) is 5.32 Å². The zero-order valence-corrected chi connectivity index (χ0v) is 13.4. The first-order valence-electron chi connectivity index (χ1n) is 6.84. The van der Waals surface area contributed by atoms with Crippen LogP contribution in [-0.2, 0) is 9.53 Å². The van der Waals surface area contributed by atoms with Crippen molar-refractivity contribution in [3.8, 4) is 0 Å². The number of amides is 1. The van der Waals surface area contributed by atoms with Crippen LogP contribution in [0.5, 0.6) is 0 Å². The fraction of sp³-hybridized carbons (Fsp3) is 0.125. The van der Waals surface area contributed by atoms with Gasteiger partial charge in [0.2, 0.25) is 0 Å². The summed E-state index contributed by atoms with van der Waals surface area (Å²) in [5.74, 6) is -1.30. The molecule has 2 aromatic carbocycles. The normalized spacial score (nSPS) is 10.1. The molecule has 0 heterocycles. The van der Waals surface area contributed by atoms with Gasteiger partial charge in [-0.25, -0.2) is 4.79 Å². The summed E-state index contributed by atoms with van der Waals surface area (Å²) < 4.78 is 4.86. The van der Waals surface area contributed by atoms with Crippen molar-refractivity contribution in [1.29, 1.82) is 0 Å². The van der Waals surface area contributed by atoms with Crippen LogP contribution in [0.25, 0.3) is 0 Å². The molecule has 0 aliphatic rings. The average Bonchev–Trinajstić information content (AvgIpc) is 2.55. The second-order valence-corrected chi connectivity index (χ2v) is 5.32. The monoisotopic (exact) mass is 348 g/mol. The zero-order chi connectivity index (χ0) is 17.7. The summed E-state index contributed by atoms with van der Waals surface area (Å²) in [6.45, 7) is 1.36. The lowest BCUT2D eigenvalue weighted by Gasteiger charge is -2.08. The predicted octanol–water partition coefficient (Wildman–Crippen LogP) is 3.35. The van der Waals surface area contributed by atoms with Gasteiger partial charge in [-0.3, -0.25) is 14.9 Å². The lowest BCUT2D eigenvalue weighted by Crippen LogP contribution is -2.21. The fourth-order valence-corrected chi connectivity index (χ4v) is 2.12. The summed E-state index contributed by atoms with van der Waals surface area (Å²) >= 11 is 6.00. The summed E-state index contributed by atoms with van der Waals surface area (Å²) in [6.07, 6.45) is 0. The molecule has 2 aromatic rings. The number of nitro benzene ring substituents is 1. The molecule has 1 amide bonds. The van der Waals surface area contributed by atoms with Crippen molar-refractivity contribution in [2.45, 2.75) is 6.92 Å². The lowest BCUT2D eigenvalue weighted by atomic mass is 10.2. The SMILES string of the molecule is Cc1ccc(NC(=O)COC(=O)c2ccc([N+](=O)[O-])cc2)c(Cl)c1. The van der Waals surface area contributed by atoms with Crippen LogP contribution in [0, 0.1) is 17.0 Å². The molecular weight excluding hydrogens is 336 g/mol. The van der Waals surface area contributed by atoms with Crippen molar-refractivity contribution in [3.63, 3.8) is 0 Å². The Morgan fingerprint density at radius 1 is 1.21 bits per heavy atom. The Labute approximate surface area is 142 Å². The summed E-state index contributed by atoms with van der Waals surface area (Å²) in [5, 5.41) is 13.5. The number of carbonyl (C=O) groups is 2. The first-order chi connectivity index (χ1) is 11.4. The third-order valence-electron chi connectivity index (χ3n) is 3.05. The number of halogens is 1. The predicted molar refractivity (Wildman–Crippen MR) is 88.2 cm³/mol. The smallest absolute Gasteiger partial charge is 0.338 e. The van der Waals surface area contributed by atoms with Crippen LogP contribution in [0.4, 0.5) is 11.4 Å². The van der Waals surface area contributed by atoms with Gasteiger partial charge in [0.25, 0.3) is 11.6 Å². The third kappa shape index (κ3) is 4.53. The number of nitrogens with one attached hydrogen (secondary N) is 1. The fourth-order valence-electron chi connectivity index (χ4n) is 1.84. The maximum Gasteiger partial charge on any atom is 0.338 e. The van der Waals surface area contributed by atoms with Crippen LogP contribution < -0.4 is 5.32 Å². The van der Waals surface area contributed by atoms with E-state index in [1.165, 1.54) is 24.3 Å². The molecule has 1 N–H and O–H groups in total. The first-order valence-corrected chi connectivity index (χ1v) is 7.22. The molecule has 124 valence electrons. The van der Waals surface area contributed by atoms with Gasteiger partial charge in [-0.1, -0.05) is 17.7 Å². The summed E-state index contributed by atoms with van der Waals surface area (Å²) in [5.41, 5.74) is 1.33. The standard InChI is InChI=1S/C16H13ClN2O5/c1-10-2-7-14(13(17)8-10)18-15(20)9-24-16(21)11-3-5-12(6-4-11)19(22)23/h2-8H,9H2,1H3,(H,18,20). The Morgan fingerprint density at radius 3 is 2.46 bits per heavy atom. The topological polar surface area (TPSA) is 98.5 Å². The van der Waals surface area contributed by atoms with E-state index in [0.717, 1.165) is 5.56 Å². The third-order valence-corrected chi connectivity index (χ3v) is 3.36. The van der Waals surface area contributed by atoms with Gasteiger partial charge in [0, 0.05) is 12.1 Å². The van der Waals surface area contributed by atoms with Gasteiger partial charge < -0.3 is 10.1 Å². The number of nitrogens with zero attached hydrogens (tertiary/aromatic N) is 1. The van der Waals surface area contributed by atoms with E-state index in [0.29, 0.717) is 10.7 Å². The van der Waals surface area contributed by atoms with E-state index in [1.807, 2.05) is 6.92 Å². The van der Waals surface area contributed by atoms with Crippen molar-refractivity contribution in [2.75, 3.05) is 11.9 Å². The molecule has 0 spiro atoms. The Balaban J connectivity index is 1.91. The van der Waals surface area contributed by atoms with Crippen LogP contribution >= 0.6 is 11.6 Å². The Hall–Kier alpha value is -2.93. The van der Waals surface area contributed by atoms with E-state index in [4.69, 9.17) is 16.3 Å². The van der Waals surface area contributed by atoms with Crippen LogP contribution in [0.1, 0.15) is 15.9 Å². The molecule has 0 aromatic heterocycles. The van der Waals surface area contributed by atoms with Crippen molar-refractivity contribution >= 4 is 34.9 Å². The molecule has 0 unspecified atom stereocenters. The Morgan fingerprint density at radius 2 is 1.88 bits per heavy atom. The molecule has 0 bridgehead atoms. The van der Waals surface area contributed by atoms with Crippen LogP contribution in [0.2, 0.25) is 5.02 Å². The molecule has 0 saturated carbocycles. The molecule has 7 nitrogen and oxygen atoms in total. The van der Waals surface area contributed by atoms with Crippen LogP contribution in [-0.4, -0.2) is 23.4 Å². The average molecular weight is 349 g/mol. The highest BCUT2D eigenvalue weighted by Crippen LogP contribution is 2.22. The second kappa shape index (κ2) is 7.56. The minimum atomic E-state index is -0.755. The van der Waals surface area contributed by atoms with Gasteiger partial charge in [-0.05, 0) is 36.8 Å². The molecular formula is C16H13ClN2O5. The van der Waals surface area contributed by atoms with E-state index >= 15 is 0 Å². The van der Waals surface area contributed by atoms with Crippen molar-refractivity contribution in [1.82, 2.24) is 0 Å². The Kier molecular flexibility index (Phi) is 5.49. The number of ether oxygens (including phenoxy) is 1. The minimum absolute atomic E-state index is 0.113. The number of nitro groups is 1. The highest BCUT2D eigenvalue weighted by molar-refractivity contribution is 6.33. The molecule has 0 atom stereocenters. The number of benzene rings is 2. The first kappa shape index (κ1) is 17.4. The molecule has 0 saturated heterocycles. The molecule has 0 aliphatic heterocycles. The number of hydrogen-bond donors (Lipinski definition) is 1. The maximum absolute atomic E-state index is 11.8. The number of carbonyl (C=O) groups excluding carboxylic acids is 2. The lowest BCUT2D eigenvalue weighted by molar-refractivity contribution is -0.384. The van der Waals surface area contributed by atoms with Crippen molar-refractivity contribution in [2.24, 2.45) is 0 Å². The highest BCUT2D eigenvalue weighted by atomic mass is 35.5. The zero-order valence-electron chi connectivity index (χ0n) is 12.6.